The van der Waals surface area contributed by atoms with E-state index in [1.807, 2.05) is 0 Å². The molecule has 2 saturated heterocycles. The molecule has 3 heterocycles. The van der Waals surface area contributed by atoms with Crippen LogP contribution < -0.4 is 4.90 Å². The van der Waals surface area contributed by atoms with Gasteiger partial charge in [-0.2, -0.15) is 0 Å². The van der Waals surface area contributed by atoms with E-state index in [-0.39, 0.29) is 0 Å². The topological polar surface area (TPSA) is 9.72 Å². The van der Waals surface area contributed by atoms with Crippen LogP contribution >= 0.6 is 0 Å². The predicted molar refractivity (Wildman–Crippen MR) is 102 cm³/mol. The second-order valence-electron chi connectivity index (χ2n) is 7.91. The van der Waals surface area contributed by atoms with E-state index in [0.29, 0.717) is 0 Å². The molecule has 3 aliphatic rings. The van der Waals surface area contributed by atoms with E-state index in [9.17, 15) is 0 Å². The maximum Gasteiger partial charge on any atom is 0.0398 e. The van der Waals surface area contributed by atoms with Crippen LogP contribution in [0.1, 0.15) is 44.1 Å². The Morgan fingerprint density at radius 2 is 1.79 bits per heavy atom. The van der Waals surface area contributed by atoms with Gasteiger partial charge in [-0.05, 0) is 63.2 Å². The molecule has 0 bridgehead atoms. The number of rotatable bonds is 5. The minimum atomic E-state index is 0.862. The van der Waals surface area contributed by atoms with Gasteiger partial charge in [0.2, 0.25) is 0 Å². The van der Waals surface area contributed by atoms with Crippen LogP contribution in [-0.2, 0) is 6.42 Å². The molecule has 0 spiro atoms. The number of piperazine rings is 1. The third-order valence-electron chi connectivity index (χ3n) is 6.28. The number of unbranched alkanes of at least 4 members (excludes halogenated alkanes) is 1. The van der Waals surface area contributed by atoms with Crippen LogP contribution in [0.2, 0.25) is 0 Å². The minimum Gasteiger partial charge on any atom is -0.371 e. The Balaban J connectivity index is 1.20. The van der Waals surface area contributed by atoms with Crippen LogP contribution in [0.4, 0.5) is 5.69 Å². The number of aryl methyl sites for hydroxylation is 1. The molecule has 0 N–H and O–H groups in total. The Kier molecular flexibility index (Phi) is 5.39. The molecule has 1 unspecified atom stereocenters. The summed E-state index contributed by atoms with van der Waals surface area (Å²) < 4.78 is 0. The van der Waals surface area contributed by atoms with Crippen molar-refractivity contribution in [3.63, 3.8) is 0 Å². The van der Waals surface area contributed by atoms with Crippen molar-refractivity contribution in [1.82, 2.24) is 9.80 Å². The Bertz CT molecular complexity index is 530. The summed E-state index contributed by atoms with van der Waals surface area (Å²) >= 11 is 0. The van der Waals surface area contributed by atoms with Crippen LogP contribution in [-0.4, -0.2) is 61.7 Å². The Hall–Kier alpha value is -1.06. The lowest BCUT2D eigenvalue weighted by atomic mass is 9.99. The standard InChI is InChI=1S/C21H33N3/c1-2-11-21-19(8-1)9-7-15-24(21)14-6-5-12-22-16-17-23-13-4-3-10-20(23)18-22/h1-2,8,11,20H,3-7,9-10,12-18H2. The summed E-state index contributed by atoms with van der Waals surface area (Å²) in [4.78, 5) is 8.10. The van der Waals surface area contributed by atoms with Gasteiger partial charge in [0.05, 0.1) is 0 Å². The molecule has 0 radical (unpaired) electrons. The zero-order chi connectivity index (χ0) is 16.2. The van der Waals surface area contributed by atoms with Crippen LogP contribution in [0.5, 0.6) is 0 Å². The van der Waals surface area contributed by atoms with Gasteiger partial charge in [0.15, 0.2) is 0 Å². The van der Waals surface area contributed by atoms with E-state index in [2.05, 4.69) is 39.0 Å². The number of anilines is 1. The lowest BCUT2D eigenvalue weighted by Crippen LogP contribution is -2.54. The quantitative estimate of drug-likeness (QED) is 0.768. The number of hydrogen-bond acceptors (Lipinski definition) is 3. The Morgan fingerprint density at radius 1 is 0.875 bits per heavy atom. The van der Waals surface area contributed by atoms with Crippen molar-refractivity contribution < 1.29 is 0 Å². The highest BCUT2D eigenvalue weighted by atomic mass is 15.3. The fourth-order valence-electron chi connectivity index (χ4n) is 4.91. The van der Waals surface area contributed by atoms with Crippen molar-refractivity contribution in [2.45, 2.75) is 51.0 Å². The van der Waals surface area contributed by atoms with Gasteiger partial charge in [-0.3, -0.25) is 4.90 Å². The molecular weight excluding hydrogens is 294 g/mol. The molecule has 1 atom stereocenters. The average molecular weight is 328 g/mol. The molecule has 3 nitrogen and oxygen atoms in total. The van der Waals surface area contributed by atoms with Gasteiger partial charge in [-0.15, -0.1) is 0 Å². The largest absolute Gasteiger partial charge is 0.371 e. The number of benzene rings is 1. The normalized spacial score (nSPS) is 25.3. The molecule has 0 amide bonds. The summed E-state index contributed by atoms with van der Waals surface area (Å²) in [5.41, 5.74) is 3.05. The van der Waals surface area contributed by atoms with Crippen molar-refractivity contribution in [3.05, 3.63) is 29.8 Å². The molecule has 3 aliphatic heterocycles. The molecule has 3 heteroatoms. The second kappa shape index (κ2) is 7.88. The van der Waals surface area contributed by atoms with Crippen molar-refractivity contribution in [1.29, 1.82) is 0 Å². The number of hydrogen-bond donors (Lipinski definition) is 0. The maximum absolute atomic E-state index is 2.74. The second-order valence-corrected chi connectivity index (χ2v) is 7.91. The van der Waals surface area contributed by atoms with Crippen molar-refractivity contribution in [2.24, 2.45) is 0 Å². The first-order valence-corrected chi connectivity index (χ1v) is 10.2. The highest BCUT2D eigenvalue weighted by Gasteiger charge is 2.28. The van der Waals surface area contributed by atoms with E-state index in [1.165, 1.54) is 96.4 Å². The molecule has 1 aromatic carbocycles. The minimum absolute atomic E-state index is 0.862. The third-order valence-corrected chi connectivity index (χ3v) is 6.28. The smallest absolute Gasteiger partial charge is 0.0398 e. The van der Waals surface area contributed by atoms with Gasteiger partial charge in [-0.25, -0.2) is 0 Å². The van der Waals surface area contributed by atoms with Gasteiger partial charge >= 0.3 is 0 Å². The number of para-hydroxylation sites is 1. The van der Waals surface area contributed by atoms with Gasteiger partial charge in [0, 0.05) is 44.5 Å². The van der Waals surface area contributed by atoms with Crippen LogP contribution in [0.25, 0.3) is 0 Å². The number of nitrogens with zero attached hydrogens (tertiary/aromatic N) is 3. The third kappa shape index (κ3) is 3.78. The maximum atomic E-state index is 2.74. The van der Waals surface area contributed by atoms with Gasteiger partial charge < -0.3 is 9.80 Å². The molecule has 0 aliphatic carbocycles. The molecule has 132 valence electrons. The lowest BCUT2D eigenvalue weighted by molar-refractivity contribution is 0.0488. The molecule has 1 aromatic rings. The summed E-state index contributed by atoms with van der Waals surface area (Å²) in [6.07, 6.45) is 9.57. The monoisotopic (exact) mass is 327 g/mol. The van der Waals surface area contributed by atoms with Crippen molar-refractivity contribution in [3.8, 4) is 0 Å². The summed E-state index contributed by atoms with van der Waals surface area (Å²) in [5, 5.41) is 0. The molecule has 2 fully saturated rings. The Labute approximate surface area is 147 Å². The predicted octanol–water partition coefficient (Wildman–Crippen LogP) is 3.39. The number of fused-ring (bicyclic) bond motifs is 2. The van der Waals surface area contributed by atoms with Gasteiger partial charge in [0.1, 0.15) is 0 Å². The fourth-order valence-corrected chi connectivity index (χ4v) is 4.91. The molecule has 24 heavy (non-hydrogen) atoms. The highest BCUT2D eigenvalue weighted by Crippen LogP contribution is 2.27. The molecule has 0 saturated carbocycles. The summed E-state index contributed by atoms with van der Waals surface area (Å²) in [7, 11) is 0. The summed E-state index contributed by atoms with van der Waals surface area (Å²) in [6.45, 7) is 9.07. The first kappa shape index (κ1) is 16.4. The molecule has 0 aromatic heterocycles. The summed E-state index contributed by atoms with van der Waals surface area (Å²) in [5.74, 6) is 0. The van der Waals surface area contributed by atoms with Crippen molar-refractivity contribution >= 4 is 5.69 Å². The average Bonchev–Trinajstić information content (AvgIpc) is 2.65. The lowest BCUT2D eigenvalue weighted by Gasteiger charge is -2.44. The molecular formula is C21H33N3. The van der Waals surface area contributed by atoms with Crippen LogP contribution in [0.3, 0.4) is 0 Å². The Morgan fingerprint density at radius 3 is 2.79 bits per heavy atom. The van der Waals surface area contributed by atoms with Gasteiger partial charge in [-0.1, -0.05) is 24.6 Å². The summed E-state index contributed by atoms with van der Waals surface area (Å²) in [6, 6.07) is 9.87. The first-order valence-electron chi connectivity index (χ1n) is 10.2. The van der Waals surface area contributed by atoms with Crippen molar-refractivity contribution in [2.75, 3.05) is 50.7 Å². The number of piperidine rings is 1. The van der Waals surface area contributed by atoms with Crippen LogP contribution in [0.15, 0.2) is 24.3 Å². The van der Waals surface area contributed by atoms with E-state index in [0.717, 1.165) is 6.04 Å². The van der Waals surface area contributed by atoms with E-state index < -0.39 is 0 Å². The van der Waals surface area contributed by atoms with E-state index in [1.54, 1.807) is 5.56 Å². The van der Waals surface area contributed by atoms with Gasteiger partial charge in [0.25, 0.3) is 0 Å². The first-order chi connectivity index (χ1) is 11.9. The zero-order valence-corrected chi connectivity index (χ0v) is 15.1. The van der Waals surface area contributed by atoms with E-state index >= 15 is 0 Å². The van der Waals surface area contributed by atoms with E-state index in [4.69, 9.17) is 0 Å². The molecule has 4 rings (SSSR count). The van der Waals surface area contributed by atoms with Crippen LogP contribution in [0, 0.1) is 0 Å². The fraction of sp³-hybridized carbons (Fsp3) is 0.714. The highest BCUT2D eigenvalue weighted by molar-refractivity contribution is 5.55. The SMILES string of the molecule is c1ccc2c(c1)CCCN2CCCCN1CCN2CCCCC2C1. The zero-order valence-electron chi connectivity index (χ0n) is 15.1.